The lowest BCUT2D eigenvalue weighted by Gasteiger charge is -2.26. The lowest BCUT2D eigenvalue weighted by molar-refractivity contribution is 0.365. The zero-order chi connectivity index (χ0) is 11.9. The average molecular weight is 251 g/mol. The second kappa shape index (κ2) is 6.99. The van der Waals surface area contributed by atoms with Crippen molar-refractivity contribution >= 4 is 11.8 Å². The molecule has 0 bridgehead atoms. The fraction of sp³-hybridized carbons (Fsp3) is 0.615. The van der Waals surface area contributed by atoms with E-state index in [1.54, 1.807) is 0 Å². The zero-order valence-electron chi connectivity index (χ0n) is 10.1. The van der Waals surface area contributed by atoms with E-state index in [1.807, 2.05) is 12.4 Å². The van der Waals surface area contributed by atoms with Crippen LogP contribution in [0.15, 0.2) is 24.5 Å². The summed E-state index contributed by atoms with van der Waals surface area (Å²) in [4.78, 5) is 4.04. The van der Waals surface area contributed by atoms with Crippen LogP contribution in [-0.2, 0) is 6.42 Å². The number of hydrogen-bond donors (Lipinski definition) is 2. The highest BCUT2D eigenvalue weighted by Crippen LogP contribution is 2.26. The van der Waals surface area contributed by atoms with Crippen LogP contribution in [0, 0.1) is 5.92 Å². The van der Waals surface area contributed by atoms with Crippen molar-refractivity contribution < 1.29 is 0 Å². The maximum absolute atomic E-state index is 5.67. The number of rotatable bonds is 5. The molecule has 3 nitrogen and oxygen atoms in total. The Hall–Kier alpha value is -0.580. The lowest BCUT2D eigenvalue weighted by Crippen LogP contribution is -2.38. The topological polar surface area (TPSA) is 50.9 Å². The minimum atomic E-state index is 0.394. The van der Waals surface area contributed by atoms with Crippen LogP contribution in [0.5, 0.6) is 0 Å². The highest BCUT2D eigenvalue weighted by molar-refractivity contribution is 7.99. The monoisotopic (exact) mass is 251 g/mol. The highest BCUT2D eigenvalue weighted by Gasteiger charge is 2.18. The van der Waals surface area contributed by atoms with Gasteiger partial charge in [-0.25, -0.2) is 0 Å². The number of aromatic nitrogens is 1. The summed E-state index contributed by atoms with van der Waals surface area (Å²) in [6, 6.07) is 4.53. The highest BCUT2D eigenvalue weighted by atomic mass is 32.2. The third kappa shape index (κ3) is 4.30. The molecule has 1 aliphatic rings. The maximum Gasteiger partial charge on any atom is 0.0270 e. The molecule has 3 N–H and O–H groups in total. The molecule has 1 unspecified atom stereocenters. The number of nitrogens with one attached hydrogen (secondary N) is 1. The number of hydrogen-bond acceptors (Lipinski definition) is 4. The van der Waals surface area contributed by atoms with Gasteiger partial charge < -0.3 is 0 Å². The lowest BCUT2D eigenvalue weighted by atomic mass is 9.91. The Morgan fingerprint density at radius 2 is 2.06 bits per heavy atom. The summed E-state index contributed by atoms with van der Waals surface area (Å²) in [5.74, 6) is 9.15. The quantitative estimate of drug-likeness (QED) is 0.621. The summed E-state index contributed by atoms with van der Waals surface area (Å²) in [6.45, 7) is 0. The van der Waals surface area contributed by atoms with Crippen molar-refractivity contribution in [2.24, 2.45) is 11.8 Å². The Morgan fingerprint density at radius 3 is 2.71 bits per heavy atom. The molecule has 0 radical (unpaired) electrons. The summed E-state index contributed by atoms with van der Waals surface area (Å²) in [6.07, 6.45) is 8.58. The predicted molar refractivity (Wildman–Crippen MR) is 73.7 cm³/mol. The minimum Gasteiger partial charge on any atom is -0.271 e. The van der Waals surface area contributed by atoms with Gasteiger partial charge in [0.05, 0.1) is 0 Å². The molecule has 94 valence electrons. The molecule has 0 aliphatic carbocycles. The first kappa shape index (κ1) is 12.9. The van der Waals surface area contributed by atoms with Gasteiger partial charge in [-0.1, -0.05) is 0 Å². The molecule has 2 rings (SSSR count). The first-order valence-electron chi connectivity index (χ1n) is 6.31. The number of hydrazine groups is 1. The summed E-state index contributed by atoms with van der Waals surface area (Å²) < 4.78 is 0. The summed E-state index contributed by atoms with van der Waals surface area (Å²) in [5.41, 5.74) is 4.28. The Labute approximate surface area is 108 Å². The molecule has 1 atom stereocenters. The Balaban J connectivity index is 1.83. The number of nitrogens with two attached hydrogens (primary N) is 1. The first-order chi connectivity index (χ1) is 8.38. The van der Waals surface area contributed by atoms with Crippen molar-refractivity contribution in [3.05, 3.63) is 30.1 Å². The second-order valence-electron chi connectivity index (χ2n) is 4.71. The van der Waals surface area contributed by atoms with E-state index in [9.17, 15) is 0 Å². The van der Waals surface area contributed by atoms with Gasteiger partial charge in [0.1, 0.15) is 0 Å². The third-order valence-corrected chi connectivity index (χ3v) is 4.47. The van der Waals surface area contributed by atoms with E-state index in [0.717, 1.165) is 12.3 Å². The standard InChI is InChI=1S/C13H21N3S/c14-16-13(9-11-1-5-15-6-2-11)10-12-3-7-17-8-4-12/h1-2,5-6,12-13,16H,3-4,7-10,14H2. The van der Waals surface area contributed by atoms with Gasteiger partial charge in [0.2, 0.25) is 0 Å². The molecule has 4 heteroatoms. The number of pyridine rings is 1. The molecule has 1 aromatic rings. The van der Waals surface area contributed by atoms with Crippen molar-refractivity contribution in [3.63, 3.8) is 0 Å². The van der Waals surface area contributed by atoms with Gasteiger partial charge >= 0.3 is 0 Å². The van der Waals surface area contributed by atoms with Crippen molar-refractivity contribution in [1.29, 1.82) is 0 Å². The van der Waals surface area contributed by atoms with E-state index in [2.05, 4.69) is 34.3 Å². The molecule has 1 aliphatic heterocycles. The van der Waals surface area contributed by atoms with Gasteiger partial charge in [-0.2, -0.15) is 11.8 Å². The number of thioether (sulfide) groups is 1. The van der Waals surface area contributed by atoms with Crippen LogP contribution in [0.2, 0.25) is 0 Å². The molecule has 0 aromatic carbocycles. The van der Waals surface area contributed by atoms with Crippen molar-refractivity contribution in [1.82, 2.24) is 10.4 Å². The predicted octanol–water partition coefficient (Wildman–Crippen LogP) is 1.99. The maximum atomic E-state index is 5.67. The van der Waals surface area contributed by atoms with Gasteiger partial charge in [0, 0.05) is 18.4 Å². The molecule has 0 spiro atoms. The van der Waals surface area contributed by atoms with Crippen LogP contribution in [-0.4, -0.2) is 22.5 Å². The average Bonchev–Trinajstić information content (AvgIpc) is 2.40. The minimum absolute atomic E-state index is 0.394. The second-order valence-corrected chi connectivity index (χ2v) is 5.94. The Morgan fingerprint density at radius 1 is 1.35 bits per heavy atom. The Bertz CT molecular complexity index is 312. The van der Waals surface area contributed by atoms with Crippen LogP contribution in [0.1, 0.15) is 24.8 Å². The fourth-order valence-corrected chi connectivity index (χ4v) is 3.60. The molecule has 0 amide bonds. The van der Waals surface area contributed by atoms with E-state index in [4.69, 9.17) is 5.84 Å². The molecule has 1 fully saturated rings. The van der Waals surface area contributed by atoms with Gasteiger partial charge in [-0.3, -0.25) is 16.3 Å². The third-order valence-electron chi connectivity index (χ3n) is 3.43. The zero-order valence-corrected chi connectivity index (χ0v) is 11.0. The summed E-state index contributed by atoms with van der Waals surface area (Å²) in [7, 11) is 0. The van der Waals surface area contributed by atoms with Gasteiger partial charge in [-0.05, 0) is 60.8 Å². The molecule has 17 heavy (non-hydrogen) atoms. The van der Waals surface area contributed by atoms with Crippen LogP contribution in [0.3, 0.4) is 0 Å². The van der Waals surface area contributed by atoms with E-state index < -0.39 is 0 Å². The molecule has 1 aromatic heterocycles. The van der Waals surface area contributed by atoms with Crippen LogP contribution in [0.25, 0.3) is 0 Å². The van der Waals surface area contributed by atoms with Crippen molar-refractivity contribution in [2.75, 3.05) is 11.5 Å². The van der Waals surface area contributed by atoms with E-state index in [1.165, 1.54) is 36.3 Å². The van der Waals surface area contributed by atoms with Crippen LogP contribution >= 0.6 is 11.8 Å². The SMILES string of the molecule is NNC(Cc1ccncc1)CC1CCSCC1. The number of nitrogens with zero attached hydrogens (tertiary/aromatic N) is 1. The largest absolute Gasteiger partial charge is 0.271 e. The van der Waals surface area contributed by atoms with Gasteiger partial charge in [-0.15, -0.1) is 0 Å². The van der Waals surface area contributed by atoms with E-state index in [-0.39, 0.29) is 0 Å². The van der Waals surface area contributed by atoms with Gasteiger partial charge in [0.25, 0.3) is 0 Å². The molecule has 2 heterocycles. The van der Waals surface area contributed by atoms with E-state index in [0.29, 0.717) is 6.04 Å². The van der Waals surface area contributed by atoms with Crippen molar-refractivity contribution in [3.8, 4) is 0 Å². The van der Waals surface area contributed by atoms with Gasteiger partial charge in [0.15, 0.2) is 0 Å². The summed E-state index contributed by atoms with van der Waals surface area (Å²) >= 11 is 2.08. The summed E-state index contributed by atoms with van der Waals surface area (Å²) in [5, 5.41) is 0. The molecule has 1 saturated heterocycles. The first-order valence-corrected chi connectivity index (χ1v) is 7.46. The Kier molecular flexibility index (Phi) is 5.29. The van der Waals surface area contributed by atoms with Crippen molar-refractivity contribution in [2.45, 2.75) is 31.7 Å². The van der Waals surface area contributed by atoms with E-state index >= 15 is 0 Å². The van der Waals surface area contributed by atoms with Crippen LogP contribution < -0.4 is 11.3 Å². The smallest absolute Gasteiger partial charge is 0.0270 e. The normalized spacial score (nSPS) is 19.1. The molecular weight excluding hydrogens is 230 g/mol. The molecule has 0 saturated carbocycles. The van der Waals surface area contributed by atoms with Crippen LogP contribution in [0.4, 0.5) is 0 Å². The molecular formula is C13H21N3S. The fourth-order valence-electron chi connectivity index (χ4n) is 2.40.